The average Bonchev–Trinajstić information content (AvgIpc) is 2.30. The zero-order chi connectivity index (χ0) is 10.7. The summed E-state index contributed by atoms with van der Waals surface area (Å²) in [6, 6.07) is 0.854. The summed E-state index contributed by atoms with van der Waals surface area (Å²) < 4.78 is 0. The second-order valence-electron chi connectivity index (χ2n) is 4.77. The second kappa shape index (κ2) is 4.97. The van der Waals surface area contributed by atoms with Crippen LogP contribution in [0.15, 0.2) is 0 Å². The van der Waals surface area contributed by atoms with Crippen LogP contribution in [-0.2, 0) is 4.79 Å². The van der Waals surface area contributed by atoms with Crippen LogP contribution < -0.4 is 0 Å². The van der Waals surface area contributed by atoms with Gasteiger partial charge in [-0.05, 0) is 45.7 Å². The first-order valence-electron chi connectivity index (χ1n) is 6.09. The minimum atomic E-state index is 0.183. The maximum absolute atomic E-state index is 10.7. The fraction of sp³-hybridized carbons (Fsp3) is 0.833. The molecule has 2 atom stereocenters. The van der Waals surface area contributed by atoms with Crippen molar-refractivity contribution in [1.82, 2.24) is 9.80 Å². The Morgan fingerprint density at radius 3 is 2.47 bits per heavy atom. The maximum atomic E-state index is 10.7. The van der Waals surface area contributed by atoms with Gasteiger partial charge in [0.1, 0.15) is 0 Å². The van der Waals surface area contributed by atoms with E-state index in [2.05, 4.69) is 11.8 Å². The van der Waals surface area contributed by atoms with Crippen molar-refractivity contribution in [2.24, 2.45) is 0 Å². The predicted octanol–water partition coefficient (Wildman–Crippen LogP) is 1.30. The monoisotopic (exact) mass is 209 g/mol. The summed E-state index contributed by atoms with van der Waals surface area (Å²) in [4.78, 5) is 15.2. The van der Waals surface area contributed by atoms with Gasteiger partial charge in [0.15, 0.2) is 0 Å². The van der Waals surface area contributed by atoms with E-state index in [1.54, 1.807) is 0 Å². The lowest BCUT2D eigenvalue weighted by Gasteiger charge is -2.42. The van der Waals surface area contributed by atoms with Gasteiger partial charge in [-0.25, -0.2) is 0 Å². The highest BCUT2D eigenvalue weighted by molar-refractivity contribution is 5.48. The van der Waals surface area contributed by atoms with Crippen molar-refractivity contribution in [2.75, 3.05) is 19.6 Å². The Hall–Kier alpha value is -0.570. The molecular weight excluding hydrogens is 188 g/mol. The molecule has 2 rings (SSSR count). The molecule has 0 saturated carbocycles. The van der Waals surface area contributed by atoms with Crippen molar-refractivity contribution in [3.8, 4) is 0 Å². The Balaban J connectivity index is 1.86. The minimum absolute atomic E-state index is 0.183. The number of carbonyl (C=O) groups excluding carboxylic acids is 1. The molecule has 2 heterocycles. The van der Waals surface area contributed by atoms with Gasteiger partial charge in [0.25, 0.3) is 0 Å². The lowest BCUT2D eigenvalue weighted by atomic mass is 9.95. The van der Waals surface area contributed by atoms with E-state index < -0.39 is 0 Å². The van der Waals surface area contributed by atoms with Gasteiger partial charge in [-0.15, -0.1) is 0 Å². The van der Waals surface area contributed by atoms with Gasteiger partial charge in [-0.1, -0.05) is 6.42 Å². The molecule has 0 bridgehead atoms. The fourth-order valence-corrected chi connectivity index (χ4v) is 2.80. The number of piperidine rings is 2. The fourth-order valence-electron chi connectivity index (χ4n) is 2.80. The Bertz CT molecular complexity index is 214. The Labute approximate surface area is 92.4 Å². The van der Waals surface area contributed by atoms with Gasteiger partial charge < -0.3 is 9.80 Å². The highest BCUT2D eigenvalue weighted by Gasteiger charge is 2.28. The molecule has 0 aromatic heterocycles. The molecule has 0 spiro atoms. The van der Waals surface area contributed by atoms with Gasteiger partial charge in [-0.3, -0.25) is 4.79 Å². The third-order valence-electron chi connectivity index (χ3n) is 3.78. The van der Waals surface area contributed by atoms with E-state index in [1.807, 2.05) is 4.90 Å². The van der Waals surface area contributed by atoms with E-state index in [0.29, 0.717) is 6.04 Å². The van der Waals surface area contributed by atoms with Crippen molar-refractivity contribution in [2.45, 2.75) is 44.2 Å². The standard InChI is InChI=1S/C12H21N2O/c1-11-9-12(5-8-14(11)10-15)13-6-3-2-4-7-13/h10-12H,1-9H2. The zero-order valence-corrected chi connectivity index (χ0v) is 9.40. The van der Waals surface area contributed by atoms with E-state index in [1.165, 1.54) is 32.4 Å². The van der Waals surface area contributed by atoms with Crippen LogP contribution in [0.4, 0.5) is 0 Å². The SMILES string of the molecule is [CH2]C1CC(N2CCCCC2)CCN1C=O. The van der Waals surface area contributed by atoms with Gasteiger partial charge in [0.05, 0.1) is 0 Å². The topological polar surface area (TPSA) is 23.6 Å². The number of likely N-dealkylation sites (tertiary alicyclic amines) is 2. The first-order chi connectivity index (χ1) is 7.31. The number of hydrogen-bond acceptors (Lipinski definition) is 2. The van der Waals surface area contributed by atoms with Crippen molar-refractivity contribution in [1.29, 1.82) is 0 Å². The molecule has 3 heteroatoms. The summed E-state index contributed by atoms with van der Waals surface area (Å²) in [5, 5.41) is 0. The van der Waals surface area contributed by atoms with E-state index in [-0.39, 0.29) is 6.04 Å². The molecule has 2 saturated heterocycles. The number of carbonyl (C=O) groups is 1. The van der Waals surface area contributed by atoms with E-state index >= 15 is 0 Å². The molecule has 0 N–H and O–H groups in total. The first kappa shape index (κ1) is 10.9. The van der Waals surface area contributed by atoms with Crippen molar-refractivity contribution in [3.63, 3.8) is 0 Å². The number of hydrogen-bond donors (Lipinski definition) is 0. The minimum Gasteiger partial charge on any atom is -0.342 e. The Morgan fingerprint density at radius 1 is 1.13 bits per heavy atom. The highest BCUT2D eigenvalue weighted by atomic mass is 16.1. The summed E-state index contributed by atoms with van der Waals surface area (Å²) in [7, 11) is 0. The normalized spacial score (nSPS) is 34.1. The van der Waals surface area contributed by atoms with Gasteiger partial charge in [0.2, 0.25) is 6.41 Å². The summed E-state index contributed by atoms with van der Waals surface area (Å²) >= 11 is 0. The van der Waals surface area contributed by atoms with Gasteiger partial charge >= 0.3 is 0 Å². The van der Waals surface area contributed by atoms with Crippen LogP contribution in [-0.4, -0.2) is 47.9 Å². The number of amides is 1. The van der Waals surface area contributed by atoms with E-state index in [9.17, 15) is 4.79 Å². The van der Waals surface area contributed by atoms with Crippen LogP contribution in [0.3, 0.4) is 0 Å². The summed E-state index contributed by atoms with van der Waals surface area (Å²) in [6.45, 7) is 7.45. The molecule has 0 aromatic rings. The van der Waals surface area contributed by atoms with Crippen LogP contribution in [0, 0.1) is 6.92 Å². The molecule has 1 radical (unpaired) electrons. The maximum Gasteiger partial charge on any atom is 0.209 e. The zero-order valence-electron chi connectivity index (χ0n) is 9.40. The van der Waals surface area contributed by atoms with E-state index in [4.69, 9.17) is 0 Å². The lowest BCUT2D eigenvalue weighted by Crippen LogP contribution is -2.49. The molecule has 2 unspecified atom stereocenters. The Kier molecular flexibility index (Phi) is 3.62. The third-order valence-corrected chi connectivity index (χ3v) is 3.78. The van der Waals surface area contributed by atoms with Crippen LogP contribution in [0.25, 0.3) is 0 Å². The van der Waals surface area contributed by atoms with Gasteiger partial charge in [0, 0.05) is 18.6 Å². The molecule has 0 aromatic carbocycles. The number of nitrogens with zero attached hydrogens (tertiary/aromatic N) is 2. The van der Waals surface area contributed by atoms with Crippen molar-refractivity contribution in [3.05, 3.63) is 6.92 Å². The molecule has 15 heavy (non-hydrogen) atoms. The quantitative estimate of drug-likeness (QED) is 0.640. The average molecular weight is 209 g/mol. The first-order valence-corrected chi connectivity index (χ1v) is 6.09. The molecule has 2 fully saturated rings. The van der Waals surface area contributed by atoms with Crippen LogP contribution in [0.2, 0.25) is 0 Å². The third kappa shape index (κ3) is 2.51. The van der Waals surface area contributed by atoms with Crippen LogP contribution in [0.5, 0.6) is 0 Å². The lowest BCUT2D eigenvalue weighted by molar-refractivity contribution is -0.121. The molecule has 2 aliphatic heterocycles. The highest BCUT2D eigenvalue weighted by Crippen LogP contribution is 2.23. The van der Waals surface area contributed by atoms with Crippen LogP contribution in [0.1, 0.15) is 32.1 Å². The van der Waals surface area contributed by atoms with Crippen LogP contribution >= 0.6 is 0 Å². The molecule has 1 amide bonds. The molecule has 0 aliphatic carbocycles. The van der Waals surface area contributed by atoms with Crippen molar-refractivity contribution < 1.29 is 4.79 Å². The summed E-state index contributed by atoms with van der Waals surface area (Å²) in [5.74, 6) is 0. The summed E-state index contributed by atoms with van der Waals surface area (Å²) in [6.07, 6.45) is 7.20. The summed E-state index contributed by atoms with van der Waals surface area (Å²) in [5.41, 5.74) is 0. The molecule has 2 aliphatic rings. The smallest absolute Gasteiger partial charge is 0.209 e. The van der Waals surface area contributed by atoms with Crippen molar-refractivity contribution >= 4 is 6.41 Å². The van der Waals surface area contributed by atoms with E-state index in [0.717, 1.165) is 25.8 Å². The van der Waals surface area contributed by atoms with Gasteiger partial charge in [-0.2, -0.15) is 0 Å². The number of rotatable bonds is 2. The second-order valence-corrected chi connectivity index (χ2v) is 4.77. The molecule has 3 nitrogen and oxygen atoms in total. The predicted molar refractivity (Wildman–Crippen MR) is 60.4 cm³/mol. The molecule has 85 valence electrons. The largest absolute Gasteiger partial charge is 0.342 e. The molecular formula is C12H21N2O. The Morgan fingerprint density at radius 2 is 1.87 bits per heavy atom.